The molecule has 0 saturated carbocycles. The predicted molar refractivity (Wildman–Crippen MR) is 129 cm³/mol. The van der Waals surface area contributed by atoms with E-state index in [2.05, 4.69) is 16.0 Å². The maximum absolute atomic E-state index is 13.1. The van der Waals surface area contributed by atoms with Crippen LogP contribution < -0.4 is 16.0 Å². The van der Waals surface area contributed by atoms with E-state index in [0.29, 0.717) is 22.0 Å². The van der Waals surface area contributed by atoms with Crippen molar-refractivity contribution in [3.8, 4) is 0 Å². The zero-order chi connectivity index (χ0) is 22.5. The molecule has 0 fully saturated rings. The van der Waals surface area contributed by atoms with Gasteiger partial charge < -0.3 is 16.0 Å². The van der Waals surface area contributed by atoms with E-state index in [1.807, 2.05) is 66.7 Å². The molecule has 160 valence electrons. The molecule has 5 nitrogen and oxygen atoms in total. The fraction of sp³-hybridized carbons (Fsp3) is 0.0769. The number of carbonyl (C=O) groups excluding carboxylic acids is 2. The largest absolute Gasteiger partial charge is 0.327 e. The number of para-hydroxylation sites is 1. The van der Waals surface area contributed by atoms with Gasteiger partial charge in [-0.05, 0) is 35.7 Å². The molecule has 3 N–H and O–H groups in total. The highest BCUT2D eigenvalue weighted by molar-refractivity contribution is 6.33. The Morgan fingerprint density at radius 1 is 0.906 bits per heavy atom. The molecule has 1 heterocycles. The van der Waals surface area contributed by atoms with Gasteiger partial charge in [-0.2, -0.15) is 0 Å². The monoisotopic (exact) mass is 443 g/mol. The predicted octanol–water partition coefficient (Wildman–Crippen LogP) is 5.78. The lowest BCUT2D eigenvalue weighted by Gasteiger charge is -2.28. The molecular weight excluding hydrogens is 422 g/mol. The van der Waals surface area contributed by atoms with Gasteiger partial charge in [0.1, 0.15) is 0 Å². The molecule has 3 aromatic carbocycles. The average Bonchev–Trinajstić information content (AvgIpc) is 2.79. The lowest BCUT2D eigenvalue weighted by atomic mass is 9.94. The summed E-state index contributed by atoms with van der Waals surface area (Å²) in [6.07, 6.45) is 4.06. The first-order valence-corrected chi connectivity index (χ1v) is 10.6. The number of amides is 3. The van der Waals surface area contributed by atoms with Gasteiger partial charge >= 0.3 is 6.03 Å². The third kappa shape index (κ3) is 4.90. The minimum Gasteiger partial charge on any atom is -0.327 e. The Labute approximate surface area is 191 Å². The Bertz CT molecular complexity index is 1200. The highest BCUT2D eigenvalue weighted by Gasteiger charge is 2.31. The summed E-state index contributed by atoms with van der Waals surface area (Å²) in [6, 6.07) is 23.9. The van der Waals surface area contributed by atoms with Gasteiger partial charge in [-0.3, -0.25) is 4.79 Å². The highest BCUT2D eigenvalue weighted by atomic mass is 35.5. The van der Waals surface area contributed by atoms with E-state index >= 15 is 0 Å². The molecule has 1 atom stereocenters. The zero-order valence-electron chi connectivity index (χ0n) is 17.4. The van der Waals surface area contributed by atoms with Gasteiger partial charge in [-0.25, -0.2) is 4.79 Å². The number of rotatable bonds is 5. The minimum absolute atomic E-state index is 0.332. The van der Waals surface area contributed by atoms with Crippen molar-refractivity contribution < 1.29 is 9.59 Å². The minimum atomic E-state index is -0.585. The number of anilines is 1. The van der Waals surface area contributed by atoms with Gasteiger partial charge in [0.2, 0.25) is 0 Å². The molecule has 6 heteroatoms. The molecule has 0 aromatic heterocycles. The van der Waals surface area contributed by atoms with Crippen LogP contribution in [0, 0.1) is 0 Å². The van der Waals surface area contributed by atoms with Crippen LogP contribution in [0.1, 0.15) is 29.7 Å². The number of nitrogens with one attached hydrogen (secondary N) is 3. The first-order chi connectivity index (χ1) is 15.5. The number of carbonyl (C=O) groups is 2. The molecule has 3 amide bonds. The van der Waals surface area contributed by atoms with Crippen LogP contribution in [0.3, 0.4) is 0 Å². The Kier molecular flexibility index (Phi) is 6.38. The summed E-state index contributed by atoms with van der Waals surface area (Å²) >= 11 is 6.19. The van der Waals surface area contributed by atoms with Crippen molar-refractivity contribution in [2.75, 3.05) is 5.32 Å². The van der Waals surface area contributed by atoms with E-state index in [-0.39, 0.29) is 11.9 Å². The second-order valence-electron chi connectivity index (χ2n) is 7.41. The zero-order valence-corrected chi connectivity index (χ0v) is 18.2. The van der Waals surface area contributed by atoms with Crippen LogP contribution in [0.15, 0.2) is 90.1 Å². The van der Waals surface area contributed by atoms with Gasteiger partial charge in [-0.1, -0.05) is 90.5 Å². The van der Waals surface area contributed by atoms with Crippen molar-refractivity contribution in [2.24, 2.45) is 0 Å². The SMILES string of the molecule is CC1=C(C(=O)Nc2ccccc2Cl)C(c2ccc(/C=C/c3ccccc3)cc2)NC(=O)N1. The van der Waals surface area contributed by atoms with E-state index in [1.165, 1.54) is 0 Å². The van der Waals surface area contributed by atoms with Crippen molar-refractivity contribution in [3.63, 3.8) is 0 Å². The van der Waals surface area contributed by atoms with Gasteiger partial charge in [0.25, 0.3) is 5.91 Å². The van der Waals surface area contributed by atoms with Crippen molar-refractivity contribution >= 4 is 41.4 Å². The maximum Gasteiger partial charge on any atom is 0.319 e. The van der Waals surface area contributed by atoms with Crippen LogP contribution in [0.2, 0.25) is 5.02 Å². The summed E-state index contributed by atoms with van der Waals surface area (Å²) in [7, 11) is 0. The van der Waals surface area contributed by atoms with E-state index in [1.54, 1.807) is 31.2 Å². The third-order valence-corrected chi connectivity index (χ3v) is 5.50. The first kappa shape index (κ1) is 21.4. The normalized spacial score (nSPS) is 15.9. The number of halogens is 1. The number of benzene rings is 3. The summed E-state index contributed by atoms with van der Waals surface area (Å²) < 4.78 is 0. The van der Waals surface area contributed by atoms with Crippen LogP contribution >= 0.6 is 11.6 Å². The van der Waals surface area contributed by atoms with Gasteiger partial charge in [0.05, 0.1) is 22.3 Å². The third-order valence-electron chi connectivity index (χ3n) is 5.17. The Balaban J connectivity index is 1.58. The molecule has 1 aliphatic heterocycles. The molecule has 0 aliphatic carbocycles. The maximum atomic E-state index is 13.1. The van der Waals surface area contributed by atoms with E-state index in [9.17, 15) is 9.59 Å². The Hall–Kier alpha value is -3.83. The average molecular weight is 444 g/mol. The summed E-state index contributed by atoms with van der Waals surface area (Å²) in [6.45, 7) is 1.71. The number of urea groups is 1. The van der Waals surface area contributed by atoms with Gasteiger partial charge in [-0.15, -0.1) is 0 Å². The number of hydrogen-bond acceptors (Lipinski definition) is 2. The van der Waals surface area contributed by atoms with Crippen molar-refractivity contribution in [2.45, 2.75) is 13.0 Å². The van der Waals surface area contributed by atoms with Crippen LogP contribution in [-0.4, -0.2) is 11.9 Å². The Morgan fingerprint density at radius 3 is 2.22 bits per heavy atom. The van der Waals surface area contributed by atoms with Crippen molar-refractivity contribution in [1.29, 1.82) is 0 Å². The lowest BCUT2D eigenvalue weighted by Crippen LogP contribution is -2.46. The van der Waals surface area contributed by atoms with Gasteiger partial charge in [0, 0.05) is 5.70 Å². The van der Waals surface area contributed by atoms with Crippen molar-refractivity contribution in [1.82, 2.24) is 10.6 Å². The summed E-state index contributed by atoms with van der Waals surface area (Å²) in [5.41, 5.74) is 4.37. The molecule has 0 bridgehead atoms. The fourth-order valence-electron chi connectivity index (χ4n) is 3.55. The van der Waals surface area contributed by atoms with E-state index < -0.39 is 6.04 Å². The second kappa shape index (κ2) is 9.54. The molecule has 1 aliphatic rings. The molecule has 32 heavy (non-hydrogen) atoms. The highest BCUT2D eigenvalue weighted by Crippen LogP contribution is 2.29. The summed E-state index contributed by atoms with van der Waals surface area (Å²) in [5.74, 6) is -0.332. The first-order valence-electron chi connectivity index (χ1n) is 10.2. The molecule has 1 unspecified atom stereocenters. The number of hydrogen-bond donors (Lipinski definition) is 3. The van der Waals surface area contributed by atoms with Gasteiger partial charge in [0.15, 0.2) is 0 Å². The molecule has 3 aromatic rings. The van der Waals surface area contributed by atoms with Crippen LogP contribution in [0.25, 0.3) is 12.2 Å². The van der Waals surface area contributed by atoms with Crippen LogP contribution in [0.4, 0.5) is 10.5 Å². The van der Waals surface area contributed by atoms with Crippen LogP contribution in [-0.2, 0) is 4.79 Å². The van der Waals surface area contributed by atoms with E-state index in [0.717, 1.165) is 16.7 Å². The topological polar surface area (TPSA) is 70.2 Å². The fourth-order valence-corrected chi connectivity index (χ4v) is 3.74. The molecule has 0 spiro atoms. The summed E-state index contributed by atoms with van der Waals surface area (Å²) in [5, 5.41) is 8.82. The molecular formula is C26H22ClN3O2. The van der Waals surface area contributed by atoms with E-state index in [4.69, 9.17) is 11.6 Å². The van der Waals surface area contributed by atoms with Crippen LogP contribution in [0.5, 0.6) is 0 Å². The second-order valence-corrected chi connectivity index (χ2v) is 7.82. The quantitative estimate of drug-likeness (QED) is 0.437. The Morgan fingerprint density at radius 2 is 1.53 bits per heavy atom. The lowest BCUT2D eigenvalue weighted by molar-refractivity contribution is -0.113. The van der Waals surface area contributed by atoms with Crippen molar-refractivity contribution in [3.05, 3.63) is 112 Å². The molecule has 0 radical (unpaired) electrons. The number of allylic oxidation sites excluding steroid dienone is 1. The summed E-state index contributed by atoms with van der Waals surface area (Å²) in [4.78, 5) is 25.3. The standard InChI is InChI=1S/C26H22ClN3O2/c1-17-23(25(31)29-22-10-6-5-9-21(22)27)24(30-26(32)28-17)20-15-13-19(14-16-20)12-11-18-7-3-2-4-8-18/h2-16,24H,1H3,(H,29,31)(H2,28,30,32)/b12-11+. The molecule has 4 rings (SSSR count). The smallest absolute Gasteiger partial charge is 0.319 e. The molecule has 0 saturated heterocycles.